The highest BCUT2D eigenvalue weighted by atomic mass is 16.3. The van der Waals surface area contributed by atoms with Crippen molar-refractivity contribution in [3.8, 4) is 22.3 Å². The molecule has 230 valence electrons. The van der Waals surface area contributed by atoms with Gasteiger partial charge in [0.05, 0.1) is 5.52 Å². The van der Waals surface area contributed by atoms with E-state index in [1.807, 2.05) is 0 Å². The third kappa shape index (κ3) is 4.51. The van der Waals surface area contributed by atoms with Gasteiger partial charge >= 0.3 is 0 Å². The number of rotatable bonds is 5. The maximum Gasteiger partial charge on any atom is 0.136 e. The topological polar surface area (TPSA) is 32.2 Å². The zero-order valence-electron chi connectivity index (χ0n) is 26.6. The van der Waals surface area contributed by atoms with Crippen LogP contribution in [0.4, 0.5) is 17.1 Å². The lowest BCUT2D eigenvalue weighted by Crippen LogP contribution is -2.09. The van der Waals surface area contributed by atoms with E-state index in [0.717, 1.165) is 61.2 Å². The van der Waals surface area contributed by atoms with Crippen LogP contribution >= 0.6 is 0 Å². The summed E-state index contributed by atoms with van der Waals surface area (Å²) < 4.78 is 6.53. The predicted molar refractivity (Wildman–Crippen MR) is 206 cm³/mol. The van der Waals surface area contributed by atoms with Crippen LogP contribution in [-0.4, -0.2) is 4.98 Å². The number of nitrogens with zero attached hydrogens (tertiary/aromatic N) is 1. The molecule has 10 aromatic rings. The Morgan fingerprint density at radius 2 is 1.08 bits per heavy atom. The quantitative estimate of drug-likeness (QED) is 0.206. The van der Waals surface area contributed by atoms with E-state index >= 15 is 0 Å². The fourth-order valence-electron chi connectivity index (χ4n) is 7.47. The summed E-state index contributed by atoms with van der Waals surface area (Å²) in [5.41, 5.74) is 12.0. The Bertz CT molecular complexity index is 2830. The molecule has 0 aliphatic heterocycles. The van der Waals surface area contributed by atoms with Crippen molar-refractivity contribution in [2.45, 2.75) is 0 Å². The van der Waals surface area contributed by atoms with Gasteiger partial charge in [-0.15, -0.1) is 0 Å². The number of furan rings is 1. The first-order valence-corrected chi connectivity index (χ1v) is 16.7. The lowest BCUT2D eigenvalue weighted by molar-refractivity contribution is 0.669. The molecule has 1 N–H and O–H groups in total. The molecule has 0 spiro atoms. The van der Waals surface area contributed by atoms with Crippen LogP contribution in [0.15, 0.2) is 180 Å². The molecule has 49 heavy (non-hydrogen) atoms. The number of fused-ring (bicyclic) bond motifs is 7. The summed E-state index contributed by atoms with van der Waals surface area (Å²) >= 11 is 0. The van der Waals surface area contributed by atoms with Gasteiger partial charge in [0.25, 0.3) is 0 Å². The number of para-hydroxylation sites is 2. The minimum Gasteiger partial charge on any atom is -0.456 e. The molecule has 0 saturated heterocycles. The molecule has 2 heterocycles. The van der Waals surface area contributed by atoms with Crippen LogP contribution in [0, 0.1) is 0 Å². The van der Waals surface area contributed by atoms with Gasteiger partial charge in [0.2, 0.25) is 0 Å². The zero-order valence-corrected chi connectivity index (χ0v) is 26.6. The Labute approximate surface area is 283 Å². The Kier molecular flexibility index (Phi) is 6.18. The minimum absolute atomic E-state index is 0.868. The predicted octanol–water partition coefficient (Wildman–Crippen LogP) is 13.2. The van der Waals surface area contributed by atoms with Crippen molar-refractivity contribution in [1.82, 2.24) is 4.98 Å². The molecule has 3 heteroatoms. The number of aromatic amines is 1. The normalized spacial score (nSPS) is 11.7. The van der Waals surface area contributed by atoms with Crippen molar-refractivity contribution < 1.29 is 4.42 Å². The second-order valence-corrected chi connectivity index (χ2v) is 12.6. The van der Waals surface area contributed by atoms with E-state index < -0.39 is 0 Å². The maximum atomic E-state index is 6.53. The van der Waals surface area contributed by atoms with E-state index in [0.29, 0.717) is 0 Å². The summed E-state index contributed by atoms with van der Waals surface area (Å²) in [7, 11) is 0. The van der Waals surface area contributed by atoms with Crippen molar-refractivity contribution in [1.29, 1.82) is 0 Å². The van der Waals surface area contributed by atoms with Crippen molar-refractivity contribution in [2.75, 3.05) is 4.90 Å². The van der Waals surface area contributed by atoms with Gasteiger partial charge in [-0.25, -0.2) is 0 Å². The molecular formula is C46H30N2O. The number of hydrogen-bond acceptors (Lipinski definition) is 2. The average molecular weight is 627 g/mol. The molecule has 0 fully saturated rings. The van der Waals surface area contributed by atoms with Gasteiger partial charge in [-0.05, 0) is 82.1 Å². The second kappa shape index (κ2) is 11.0. The molecule has 0 saturated carbocycles. The van der Waals surface area contributed by atoms with Gasteiger partial charge in [-0.1, -0.05) is 121 Å². The average Bonchev–Trinajstić information content (AvgIpc) is 3.74. The molecule has 0 bridgehead atoms. The minimum atomic E-state index is 0.868. The Balaban J connectivity index is 1.18. The van der Waals surface area contributed by atoms with Crippen LogP contribution in [0.3, 0.4) is 0 Å². The van der Waals surface area contributed by atoms with Gasteiger partial charge in [-0.3, -0.25) is 0 Å². The van der Waals surface area contributed by atoms with Crippen LogP contribution in [0.5, 0.6) is 0 Å². The summed E-state index contributed by atoms with van der Waals surface area (Å²) in [6.45, 7) is 0. The molecule has 10 rings (SSSR count). The van der Waals surface area contributed by atoms with E-state index in [1.165, 1.54) is 32.7 Å². The number of hydrogen-bond donors (Lipinski definition) is 1. The third-order valence-electron chi connectivity index (χ3n) is 9.79. The van der Waals surface area contributed by atoms with Crippen LogP contribution in [0.2, 0.25) is 0 Å². The highest BCUT2D eigenvalue weighted by Crippen LogP contribution is 2.44. The summed E-state index contributed by atoms with van der Waals surface area (Å²) in [6.07, 6.45) is 0. The molecule has 0 unspecified atom stereocenters. The van der Waals surface area contributed by atoms with Gasteiger partial charge in [0, 0.05) is 49.7 Å². The Morgan fingerprint density at radius 1 is 0.408 bits per heavy atom. The first-order chi connectivity index (χ1) is 24.3. The lowest BCUT2D eigenvalue weighted by atomic mass is 9.97. The molecule has 2 aromatic heterocycles. The number of anilines is 3. The van der Waals surface area contributed by atoms with Gasteiger partial charge in [-0.2, -0.15) is 0 Å². The van der Waals surface area contributed by atoms with Gasteiger partial charge < -0.3 is 14.3 Å². The highest BCUT2D eigenvalue weighted by molar-refractivity contribution is 6.18. The van der Waals surface area contributed by atoms with Crippen LogP contribution in [0.25, 0.3) is 76.8 Å². The number of nitrogens with one attached hydrogen (secondary N) is 1. The van der Waals surface area contributed by atoms with Crippen molar-refractivity contribution in [2.24, 2.45) is 0 Å². The summed E-state index contributed by atoms with van der Waals surface area (Å²) in [5, 5.41) is 7.08. The smallest absolute Gasteiger partial charge is 0.136 e. The molecule has 0 atom stereocenters. The highest BCUT2D eigenvalue weighted by Gasteiger charge is 2.19. The van der Waals surface area contributed by atoms with Crippen LogP contribution in [-0.2, 0) is 0 Å². The fraction of sp³-hybridized carbons (Fsp3) is 0. The van der Waals surface area contributed by atoms with E-state index in [-0.39, 0.29) is 0 Å². The van der Waals surface area contributed by atoms with E-state index in [4.69, 9.17) is 4.42 Å². The third-order valence-corrected chi connectivity index (χ3v) is 9.79. The van der Waals surface area contributed by atoms with Gasteiger partial charge in [0.15, 0.2) is 0 Å². The molecule has 3 nitrogen and oxygen atoms in total. The molecule has 0 aliphatic carbocycles. The largest absolute Gasteiger partial charge is 0.456 e. The molecule has 0 radical (unpaired) electrons. The molecular weight excluding hydrogens is 597 g/mol. The first-order valence-electron chi connectivity index (χ1n) is 16.7. The summed E-state index contributed by atoms with van der Waals surface area (Å²) in [4.78, 5) is 6.06. The van der Waals surface area contributed by atoms with Crippen LogP contribution < -0.4 is 4.90 Å². The summed E-state index contributed by atoms with van der Waals surface area (Å²) in [5.74, 6) is 0. The number of H-pyrrole nitrogens is 1. The van der Waals surface area contributed by atoms with Crippen molar-refractivity contribution in [3.63, 3.8) is 0 Å². The monoisotopic (exact) mass is 626 g/mol. The fourth-order valence-corrected chi connectivity index (χ4v) is 7.47. The van der Waals surface area contributed by atoms with Crippen molar-refractivity contribution >= 4 is 71.6 Å². The second-order valence-electron chi connectivity index (χ2n) is 12.6. The molecule has 8 aromatic carbocycles. The van der Waals surface area contributed by atoms with Gasteiger partial charge in [0.1, 0.15) is 11.2 Å². The van der Waals surface area contributed by atoms with E-state index in [2.05, 4.69) is 186 Å². The number of aromatic nitrogens is 1. The van der Waals surface area contributed by atoms with E-state index in [9.17, 15) is 0 Å². The zero-order chi connectivity index (χ0) is 32.3. The molecule has 0 amide bonds. The number of benzene rings is 8. The van der Waals surface area contributed by atoms with E-state index in [1.54, 1.807) is 0 Å². The lowest BCUT2D eigenvalue weighted by Gasteiger charge is -2.26. The first kappa shape index (κ1) is 27.5. The molecule has 0 aliphatic rings. The summed E-state index contributed by atoms with van der Waals surface area (Å²) in [6, 6.07) is 62.7. The SMILES string of the molecule is c1ccc(-c2ccc(N(c3ccc4ccccc4c3)c3ccc4oc5cccc(-c6cccc7c6[nH]c6ccccc67)c5c4c3)cc2)cc1. The Hall–Kier alpha value is -6.58. The Morgan fingerprint density at radius 3 is 1.98 bits per heavy atom. The maximum absolute atomic E-state index is 6.53. The van der Waals surface area contributed by atoms with Crippen molar-refractivity contribution in [3.05, 3.63) is 176 Å². The standard InChI is InChI=1S/C46H30N2O/c1-2-10-30(11-3-1)32-20-23-34(24-21-32)48(35-25-22-31-12-4-5-13-33(31)28-35)36-26-27-43-41(29-36)45-38(15-9-19-44(45)49-43)40-17-8-16-39-37-14-6-7-18-42(37)47-46(39)40/h1-29,47H. The van der Waals surface area contributed by atoms with Crippen LogP contribution in [0.1, 0.15) is 0 Å².